The number of piperidine rings is 1. The molecule has 1 aromatic carbocycles. The number of aromatic amines is 1. The van der Waals surface area contributed by atoms with Crippen LogP contribution in [0.1, 0.15) is 31.0 Å². The molecule has 2 atom stereocenters. The summed E-state index contributed by atoms with van der Waals surface area (Å²) in [5.41, 5.74) is 9.14. The lowest BCUT2D eigenvalue weighted by Crippen LogP contribution is -2.51. The normalized spacial score (nSPS) is 21.9. The molecule has 2 aliphatic rings. The van der Waals surface area contributed by atoms with Crippen LogP contribution >= 0.6 is 23.2 Å². The van der Waals surface area contributed by atoms with Crippen LogP contribution < -0.4 is 10.6 Å². The number of rotatable bonds is 1. The number of nitrogens with zero attached hydrogens (tertiary/aromatic N) is 5. The number of H-pyrrole nitrogens is 1. The largest absolute Gasteiger partial charge is 0.376 e. The van der Waals surface area contributed by atoms with Gasteiger partial charge in [-0.05, 0) is 37.8 Å². The molecule has 0 saturated carbocycles. The van der Waals surface area contributed by atoms with E-state index in [9.17, 15) is 0 Å². The molecule has 4 aromatic rings. The first-order valence-corrected chi connectivity index (χ1v) is 12.0. The molecule has 1 spiro atoms. The lowest BCUT2D eigenvalue weighted by Gasteiger charge is -2.41. The minimum atomic E-state index is 0.0480. The maximum Gasteiger partial charge on any atom is 0.213 e. The van der Waals surface area contributed by atoms with Crippen molar-refractivity contribution in [2.24, 2.45) is 11.1 Å². The van der Waals surface area contributed by atoms with Gasteiger partial charge in [-0.15, -0.1) is 0 Å². The Bertz CT molecular complexity index is 1460. The van der Waals surface area contributed by atoms with Crippen LogP contribution in [-0.2, 0) is 4.74 Å². The molecule has 0 aliphatic carbocycles. The monoisotopic (exact) mass is 495 g/mol. The van der Waals surface area contributed by atoms with Crippen molar-refractivity contribution >= 4 is 45.8 Å². The van der Waals surface area contributed by atoms with E-state index in [0.29, 0.717) is 26.9 Å². The average Bonchev–Trinajstić information content (AvgIpc) is 3.55. The van der Waals surface area contributed by atoms with E-state index >= 15 is 0 Å². The topological polar surface area (TPSA) is 97.4 Å². The van der Waals surface area contributed by atoms with Crippen LogP contribution in [0.15, 0.2) is 30.6 Å². The molecule has 3 aromatic heterocycles. The molecule has 0 bridgehead atoms. The summed E-state index contributed by atoms with van der Waals surface area (Å²) < 4.78 is 7.87. The first-order valence-electron chi connectivity index (χ1n) is 11.3. The van der Waals surface area contributed by atoms with Gasteiger partial charge in [0.05, 0.1) is 28.1 Å². The molecule has 5 heterocycles. The quantitative estimate of drug-likeness (QED) is 0.391. The Balaban J connectivity index is 1.35. The number of aromatic nitrogens is 5. The number of imidazole rings is 1. The van der Waals surface area contributed by atoms with Crippen molar-refractivity contribution in [3.05, 3.63) is 51.9 Å². The first-order chi connectivity index (χ1) is 16.5. The van der Waals surface area contributed by atoms with Gasteiger partial charge in [-0.1, -0.05) is 35.2 Å². The van der Waals surface area contributed by atoms with Crippen LogP contribution in [0.2, 0.25) is 10.0 Å². The number of nitrogens with two attached hydrogens (primary N) is 1. The van der Waals surface area contributed by atoms with Crippen molar-refractivity contribution in [1.82, 2.24) is 24.6 Å². The lowest BCUT2D eigenvalue weighted by molar-refractivity contribution is 0.0973. The Morgan fingerprint density at radius 3 is 2.82 bits per heavy atom. The van der Waals surface area contributed by atoms with Crippen LogP contribution in [0.5, 0.6) is 0 Å². The van der Waals surface area contributed by atoms with Crippen molar-refractivity contribution in [3.8, 4) is 11.8 Å². The minimum absolute atomic E-state index is 0.0480. The van der Waals surface area contributed by atoms with Crippen LogP contribution in [0.4, 0.5) is 5.95 Å². The predicted octanol–water partition coefficient (Wildman–Crippen LogP) is 3.64. The van der Waals surface area contributed by atoms with E-state index in [1.165, 1.54) is 0 Å². The summed E-state index contributed by atoms with van der Waals surface area (Å²) in [5, 5.41) is 9.10. The van der Waals surface area contributed by atoms with Crippen molar-refractivity contribution in [2.75, 3.05) is 24.6 Å². The molecule has 2 fully saturated rings. The average molecular weight is 496 g/mol. The Hall–Kier alpha value is -2.83. The zero-order chi connectivity index (χ0) is 23.4. The van der Waals surface area contributed by atoms with E-state index in [1.54, 1.807) is 12.3 Å². The molecule has 2 aliphatic heterocycles. The van der Waals surface area contributed by atoms with Gasteiger partial charge in [0.25, 0.3) is 0 Å². The standard InChI is InChI=1S/C24H23Cl2N7O/c1-14-20(27)24(13-34-14)7-10-32(11-8-24)23-29-21-18(22-28-9-12-33(22)23)17(30-31-21)6-5-15-3-2-4-16(25)19(15)26/h2-4,9,12,14,20H,7-8,10-11,13,27H2,1H3,(H,30,31)/t14-,20+/m0/s1. The van der Waals surface area contributed by atoms with E-state index in [-0.39, 0.29) is 17.6 Å². The number of nitrogens with one attached hydrogen (secondary N) is 1. The van der Waals surface area contributed by atoms with Gasteiger partial charge in [0, 0.05) is 42.5 Å². The smallest absolute Gasteiger partial charge is 0.213 e. The van der Waals surface area contributed by atoms with Gasteiger partial charge in [0.2, 0.25) is 5.95 Å². The summed E-state index contributed by atoms with van der Waals surface area (Å²) in [6.45, 7) is 4.50. The molecule has 0 unspecified atom stereocenters. The second-order valence-electron chi connectivity index (χ2n) is 9.07. The highest BCUT2D eigenvalue weighted by Crippen LogP contribution is 2.42. The third-order valence-electron chi connectivity index (χ3n) is 7.19. The van der Waals surface area contributed by atoms with E-state index < -0.39 is 0 Å². The third kappa shape index (κ3) is 3.35. The van der Waals surface area contributed by atoms with Crippen LogP contribution in [0.25, 0.3) is 16.7 Å². The lowest BCUT2D eigenvalue weighted by atomic mass is 9.73. The molecular formula is C24H23Cl2N7O. The molecule has 6 rings (SSSR count). The Kier molecular flexibility index (Phi) is 5.19. The van der Waals surface area contributed by atoms with Crippen molar-refractivity contribution < 1.29 is 4.74 Å². The maximum absolute atomic E-state index is 6.50. The highest BCUT2D eigenvalue weighted by Gasteiger charge is 2.47. The molecule has 2 saturated heterocycles. The molecule has 3 N–H and O–H groups in total. The molecule has 34 heavy (non-hydrogen) atoms. The Morgan fingerprint density at radius 1 is 1.24 bits per heavy atom. The minimum Gasteiger partial charge on any atom is -0.376 e. The molecule has 174 valence electrons. The highest BCUT2D eigenvalue weighted by molar-refractivity contribution is 6.42. The molecule has 8 nitrogen and oxygen atoms in total. The fraction of sp³-hybridized carbons (Fsp3) is 0.375. The Labute approximate surface area is 206 Å². The number of hydrogen-bond donors (Lipinski definition) is 2. The van der Waals surface area contributed by atoms with Crippen LogP contribution in [0.3, 0.4) is 0 Å². The number of benzene rings is 1. The molecule has 0 amide bonds. The molecular weight excluding hydrogens is 473 g/mol. The summed E-state index contributed by atoms with van der Waals surface area (Å²) in [6.07, 6.45) is 5.73. The van der Waals surface area contributed by atoms with E-state index in [1.807, 2.05) is 22.7 Å². The van der Waals surface area contributed by atoms with Gasteiger partial charge in [-0.25, -0.2) is 4.98 Å². The van der Waals surface area contributed by atoms with Crippen LogP contribution in [-0.4, -0.2) is 56.4 Å². The van der Waals surface area contributed by atoms with Gasteiger partial charge < -0.3 is 15.4 Å². The number of ether oxygens (including phenoxy) is 1. The fourth-order valence-corrected chi connectivity index (χ4v) is 5.44. The summed E-state index contributed by atoms with van der Waals surface area (Å²) >= 11 is 12.4. The number of fused-ring (bicyclic) bond motifs is 3. The van der Waals surface area contributed by atoms with E-state index in [0.717, 1.165) is 49.5 Å². The van der Waals surface area contributed by atoms with Crippen molar-refractivity contribution in [2.45, 2.75) is 31.9 Å². The van der Waals surface area contributed by atoms with Gasteiger partial charge in [0.1, 0.15) is 5.69 Å². The maximum atomic E-state index is 6.50. The number of halogens is 2. The van der Waals surface area contributed by atoms with Crippen LogP contribution in [0, 0.1) is 17.3 Å². The molecule has 0 radical (unpaired) electrons. The molecule has 10 heteroatoms. The summed E-state index contributed by atoms with van der Waals surface area (Å²) in [7, 11) is 0. The van der Waals surface area contributed by atoms with E-state index in [4.69, 9.17) is 38.7 Å². The zero-order valence-electron chi connectivity index (χ0n) is 18.6. The summed E-state index contributed by atoms with van der Waals surface area (Å²) in [5.74, 6) is 7.01. The summed E-state index contributed by atoms with van der Waals surface area (Å²) in [4.78, 5) is 11.8. The predicted molar refractivity (Wildman–Crippen MR) is 132 cm³/mol. The van der Waals surface area contributed by atoms with Crippen molar-refractivity contribution in [1.29, 1.82) is 0 Å². The fourth-order valence-electron chi connectivity index (χ4n) is 5.09. The van der Waals surface area contributed by atoms with E-state index in [2.05, 4.69) is 38.8 Å². The van der Waals surface area contributed by atoms with Gasteiger partial charge in [-0.3, -0.25) is 9.50 Å². The van der Waals surface area contributed by atoms with Crippen molar-refractivity contribution in [3.63, 3.8) is 0 Å². The van der Waals surface area contributed by atoms with Gasteiger partial charge in [-0.2, -0.15) is 10.1 Å². The number of hydrogen-bond acceptors (Lipinski definition) is 6. The summed E-state index contributed by atoms with van der Waals surface area (Å²) in [6, 6.07) is 5.44. The SMILES string of the molecule is C[C@@H]1OCC2(CCN(c3nc4[nH]nc(C#Cc5cccc(Cl)c5Cl)c4c4nccn34)CC2)[C@@H]1N. The second-order valence-corrected chi connectivity index (χ2v) is 9.86. The zero-order valence-corrected chi connectivity index (χ0v) is 20.1. The first kappa shape index (κ1) is 21.7. The third-order valence-corrected chi connectivity index (χ3v) is 8.01. The Morgan fingerprint density at radius 2 is 2.06 bits per heavy atom. The van der Waals surface area contributed by atoms with Gasteiger partial charge in [0.15, 0.2) is 11.3 Å². The number of anilines is 1. The highest BCUT2D eigenvalue weighted by atomic mass is 35.5. The second kappa shape index (κ2) is 8.14. The van der Waals surface area contributed by atoms with Gasteiger partial charge >= 0.3 is 0 Å².